The van der Waals surface area contributed by atoms with Crippen LogP contribution in [0.4, 0.5) is 0 Å². The summed E-state index contributed by atoms with van der Waals surface area (Å²) in [7, 11) is 0. The van der Waals surface area contributed by atoms with Gasteiger partial charge in [0.15, 0.2) is 0 Å². The van der Waals surface area contributed by atoms with Crippen LogP contribution in [-0.4, -0.2) is 76.2 Å². The van der Waals surface area contributed by atoms with Gasteiger partial charge < -0.3 is 36.5 Å². The van der Waals surface area contributed by atoms with Crippen molar-refractivity contribution in [3.8, 4) is 0 Å². The fraction of sp³-hybridized carbons (Fsp3) is 0.357. The zero-order valence-electron chi connectivity index (χ0n) is 21.4. The van der Waals surface area contributed by atoms with Crippen molar-refractivity contribution in [1.29, 1.82) is 0 Å². The molecule has 3 amide bonds. The van der Waals surface area contributed by atoms with Crippen LogP contribution >= 0.6 is 0 Å². The lowest BCUT2D eigenvalue weighted by molar-refractivity contribution is -0.142. The van der Waals surface area contributed by atoms with Crippen LogP contribution in [0.2, 0.25) is 0 Å². The topological polar surface area (TPSA) is 173 Å². The molecule has 4 unspecified atom stereocenters. The number of benzene rings is 2. The van der Waals surface area contributed by atoms with Gasteiger partial charge in [-0.1, -0.05) is 48.5 Å². The molecule has 0 saturated carbocycles. The van der Waals surface area contributed by atoms with Crippen molar-refractivity contribution in [3.63, 3.8) is 0 Å². The van der Waals surface area contributed by atoms with Crippen LogP contribution in [0, 0.1) is 0 Å². The Hall–Kier alpha value is -4.22. The average Bonchev–Trinajstić information content (AvgIpc) is 3.62. The van der Waals surface area contributed by atoms with Gasteiger partial charge in [0.2, 0.25) is 17.7 Å². The van der Waals surface area contributed by atoms with E-state index in [9.17, 15) is 29.4 Å². The molecule has 1 aliphatic heterocycles. The van der Waals surface area contributed by atoms with Crippen molar-refractivity contribution in [1.82, 2.24) is 26.3 Å². The number of nitrogens with one attached hydrogen (secondary N) is 5. The van der Waals surface area contributed by atoms with Crippen LogP contribution in [0.25, 0.3) is 10.9 Å². The number of carboxylic acid groups (broad SMARTS) is 1. The highest BCUT2D eigenvalue weighted by molar-refractivity contribution is 5.94. The van der Waals surface area contributed by atoms with Gasteiger partial charge in [-0.3, -0.25) is 14.4 Å². The number of aliphatic hydroxyl groups is 1. The average molecular weight is 536 g/mol. The lowest BCUT2D eigenvalue weighted by Crippen LogP contribution is -2.58. The fourth-order valence-electron chi connectivity index (χ4n) is 4.70. The lowest BCUT2D eigenvalue weighted by atomic mass is 10.0. The molecule has 2 heterocycles. The number of hydrogen-bond acceptors (Lipinski definition) is 6. The number of aliphatic carboxylic acids is 1. The molecule has 206 valence electrons. The van der Waals surface area contributed by atoms with Gasteiger partial charge in [0, 0.05) is 29.9 Å². The normalized spacial score (nSPS) is 17.2. The van der Waals surface area contributed by atoms with Crippen molar-refractivity contribution >= 4 is 34.6 Å². The molecule has 0 spiro atoms. The number of rotatable bonds is 12. The first-order valence-corrected chi connectivity index (χ1v) is 12.9. The first kappa shape index (κ1) is 27.8. The maximum absolute atomic E-state index is 13.2. The number of carbonyl (C=O) groups excluding carboxylic acids is 3. The summed E-state index contributed by atoms with van der Waals surface area (Å²) in [5, 5.41) is 31.2. The monoisotopic (exact) mass is 535 g/mol. The van der Waals surface area contributed by atoms with Crippen LogP contribution in [0.15, 0.2) is 60.8 Å². The largest absolute Gasteiger partial charge is 0.480 e. The van der Waals surface area contributed by atoms with Gasteiger partial charge in [-0.05, 0) is 36.6 Å². The van der Waals surface area contributed by atoms with Gasteiger partial charge in [-0.25, -0.2) is 4.79 Å². The number of para-hydroxylation sites is 1. The van der Waals surface area contributed by atoms with Gasteiger partial charge in [0.1, 0.15) is 18.1 Å². The number of aromatic nitrogens is 1. The van der Waals surface area contributed by atoms with Crippen molar-refractivity contribution in [2.75, 3.05) is 13.2 Å². The zero-order valence-corrected chi connectivity index (χ0v) is 21.4. The summed E-state index contributed by atoms with van der Waals surface area (Å²) in [5.74, 6) is -3.09. The Kier molecular flexibility index (Phi) is 9.29. The predicted molar refractivity (Wildman–Crippen MR) is 144 cm³/mol. The highest BCUT2D eigenvalue weighted by atomic mass is 16.4. The third-order valence-corrected chi connectivity index (χ3v) is 6.82. The van der Waals surface area contributed by atoms with Crippen LogP contribution in [-0.2, 0) is 32.0 Å². The molecule has 0 bridgehead atoms. The molecule has 1 fully saturated rings. The van der Waals surface area contributed by atoms with E-state index < -0.39 is 48.6 Å². The van der Waals surface area contributed by atoms with E-state index >= 15 is 0 Å². The van der Waals surface area contributed by atoms with Crippen LogP contribution in [0.5, 0.6) is 0 Å². The Morgan fingerprint density at radius 3 is 2.26 bits per heavy atom. The Labute approximate surface area is 225 Å². The SMILES string of the molecule is O=C(O)C(Cc1c[nH]c2ccccc12)NC(=O)C(CO)NC(=O)C(Cc1ccccc1)NC(=O)C1CCCN1. The second-order valence-corrected chi connectivity index (χ2v) is 9.61. The summed E-state index contributed by atoms with van der Waals surface area (Å²) < 4.78 is 0. The van der Waals surface area contributed by atoms with E-state index in [1.165, 1.54) is 0 Å². The molecule has 4 atom stereocenters. The van der Waals surface area contributed by atoms with Crippen molar-refractivity contribution < 1.29 is 29.4 Å². The molecular weight excluding hydrogens is 502 g/mol. The number of H-pyrrole nitrogens is 1. The minimum absolute atomic E-state index is 0.00173. The number of aromatic amines is 1. The summed E-state index contributed by atoms with van der Waals surface area (Å²) in [6.07, 6.45) is 3.36. The number of hydrogen-bond donors (Lipinski definition) is 7. The van der Waals surface area contributed by atoms with Crippen molar-refractivity contribution in [2.24, 2.45) is 0 Å². The highest BCUT2D eigenvalue weighted by Gasteiger charge is 2.31. The van der Waals surface area contributed by atoms with Crippen LogP contribution in [0.1, 0.15) is 24.0 Å². The Balaban J connectivity index is 1.43. The zero-order chi connectivity index (χ0) is 27.8. The van der Waals surface area contributed by atoms with Gasteiger partial charge in [-0.15, -0.1) is 0 Å². The molecule has 3 aromatic rings. The van der Waals surface area contributed by atoms with E-state index in [-0.39, 0.29) is 18.7 Å². The van der Waals surface area contributed by atoms with E-state index in [2.05, 4.69) is 26.3 Å². The van der Waals surface area contributed by atoms with Gasteiger partial charge >= 0.3 is 5.97 Å². The van der Waals surface area contributed by atoms with Crippen LogP contribution in [0.3, 0.4) is 0 Å². The third-order valence-electron chi connectivity index (χ3n) is 6.82. The molecule has 11 heteroatoms. The Bertz CT molecular complexity index is 1300. The van der Waals surface area contributed by atoms with Crippen LogP contribution < -0.4 is 21.3 Å². The van der Waals surface area contributed by atoms with E-state index in [0.29, 0.717) is 18.5 Å². The molecule has 1 aliphatic rings. The third kappa shape index (κ3) is 7.21. The second-order valence-electron chi connectivity index (χ2n) is 9.61. The molecular formula is C28H33N5O6. The first-order valence-electron chi connectivity index (χ1n) is 12.9. The summed E-state index contributed by atoms with van der Waals surface area (Å²) in [4.78, 5) is 54.0. The number of aliphatic hydroxyl groups excluding tert-OH is 1. The summed E-state index contributed by atoms with van der Waals surface area (Å²) in [5.41, 5.74) is 2.34. The van der Waals surface area contributed by atoms with E-state index in [1.807, 2.05) is 54.6 Å². The maximum Gasteiger partial charge on any atom is 0.326 e. The smallest absolute Gasteiger partial charge is 0.326 e. The summed E-state index contributed by atoms with van der Waals surface area (Å²) >= 11 is 0. The minimum atomic E-state index is -1.41. The van der Waals surface area contributed by atoms with Gasteiger partial charge in [-0.2, -0.15) is 0 Å². The second kappa shape index (κ2) is 13.0. The van der Waals surface area contributed by atoms with E-state index in [0.717, 1.165) is 22.9 Å². The van der Waals surface area contributed by atoms with E-state index in [4.69, 9.17) is 0 Å². The highest BCUT2D eigenvalue weighted by Crippen LogP contribution is 2.19. The number of carbonyl (C=O) groups is 4. The maximum atomic E-state index is 13.2. The Morgan fingerprint density at radius 2 is 1.56 bits per heavy atom. The molecule has 1 saturated heterocycles. The first-order chi connectivity index (χ1) is 18.9. The lowest BCUT2D eigenvalue weighted by Gasteiger charge is -2.24. The Morgan fingerprint density at radius 1 is 0.872 bits per heavy atom. The molecule has 11 nitrogen and oxygen atoms in total. The molecule has 1 aromatic heterocycles. The number of amides is 3. The molecule has 0 radical (unpaired) electrons. The molecule has 7 N–H and O–H groups in total. The quantitative estimate of drug-likeness (QED) is 0.174. The summed E-state index contributed by atoms with van der Waals surface area (Å²) in [6, 6.07) is 12.4. The molecule has 4 rings (SSSR count). The number of carboxylic acids is 1. The van der Waals surface area contributed by atoms with E-state index in [1.54, 1.807) is 6.20 Å². The number of fused-ring (bicyclic) bond motifs is 1. The summed E-state index contributed by atoms with van der Waals surface area (Å²) in [6.45, 7) is -0.0448. The minimum Gasteiger partial charge on any atom is -0.480 e. The van der Waals surface area contributed by atoms with Crippen molar-refractivity contribution in [3.05, 3.63) is 71.9 Å². The molecule has 39 heavy (non-hydrogen) atoms. The molecule has 0 aliphatic carbocycles. The van der Waals surface area contributed by atoms with Gasteiger partial charge in [0.25, 0.3) is 0 Å². The predicted octanol–water partition coefficient (Wildman–Crippen LogP) is 0.236. The van der Waals surface area contributed by atoms with Gasteiger partial charge in [0.05, 0.1) is 12.6 Å². The van der Waals surface area contributed by atoms with Crippen molar-refractivity contribution in [2.45, 2.75) is 49.9 Å². The molecule has 2 aromatic carbocycles. The standard InChI is InChI=1S/C28H33N5O6/c34-16-24(27(37)32-23(28(38)39)14-18-15-30-20-10-5-4-9-19(18)20)33-26(36)22(13-17-7-2-1-3-8-17)31-25(35)21-11-6-12-29-21/h1-5,7-10,15,21-24,29-30,34H,6,11-14,16H2,(H,31,35)(H,32,37)(H,33,36)(H,38,39). The fourth-order valence-corrected chi connectivity index (χ4v) is 4.70.